The summed E-state index contributed by atoms with van der Waals surface area (Å²) in [5.41, 5.74) is 2.60. The molecule has 0 aliphatic rings. The molecule has 0 spiro atoms. The number of carbonyl (C=O) groups is 1. The first-order valence-electron chi connectivity index (χ1n) is 7.24. The van der Waals surface area contributed by atoms with Crippen LogP contribution in [0.15, 0.2) is 48.5 Å². The van der Waals surface area contributed by atoms with E-state index in [1.807, 2.05) is 74.4 Å². The number of methoxy groups -OCH3 is 1. The molecule has 1 N–H and O–H groups in total. The zero-order valence-corrected chi connectivity index (χ0v) is 13.5. The summed E-state index contributed by atoms with van der Waals surface area (Å²) < 4.78 is 5.35. The summed E-state index contributed by atoms with van der Waals surface area (Å²) >= 11 is 0. The highest BCUT2D eigenvalue weighted by atomic mass is 16.5. The number of anilines is 1. The van der Waals surface area contributed by atoms with Crippen molar-refractivity contribution in [2.45, 2.75) is 13.0 Å². The van der Waals surface area contributed by atoms with Crippen molar-refractivity contribution >= 4 is 11.6 Å². The standard InChI is InChI=1S/C18H22N2O2/c1-13(16-10-5-6-11-17(16)22-4)19-18(21)14-8-7-9-15(12-14)20(2)3/h5-13H,1-4H3,(H,19,21)/t13-/m0/s1. The van der Waals surface area contributed by atoms with E-state index in [0.717, 1.165) is 17.0 Å². The molecule has 0 bridgehead atoms. The quantitative estimate of drug-likeness (QED) is 0.921. The van der Waals surface area contributed by atoms with Crippen molar-refractivity contribution in [2.75, 3.05) is 26.1 Å². The number of hydrogen-bond acceptors (Lipinski definition) is 3. The van der Waals surface area contributed by atoms with Gasteiger partial charge in [0.2, 0.25) is 0 Å². The van der Waals surface area contributed by atoms with Crippen LogP contribution in [-0.2, 0) is 0 Å². The molecule has 0 saturated heterocycles. The van der Waals surface area contributed by atoms with Crippen molar-refractivity contribution in [2.24, 2.45) is 0 Å². The van der Waals surface area contributed by atoms with Gasteiger partial charge in [0.25, 0.3) is 5.91 Å². The summed E-state index contributed by atoms with van der Waals surface area (Å²) in [6.07, 6.45) is 0. The molecule has 2 aromatic rings. The van der Waals surface area contributed by atoms with Gasteiger partial charge in [-0.15, -0.1) is 0 Å². The van der Waals surface area contributed by atoms with E-state index in [-0.39, 0.29) is 11.9 Å². The number of nitrogens with one attached hydrogen (secondary N) is 1. The highest BCUT2D eigenvalue weighted by Crippen LogP contribution is 2.24. The molecule has 0 saturated carbocycles. The van der Waals surface area contributed by atoms with Crippen LogP contribution >= 0.6 is 0 Å². The number of nitrogens with zero attached hydrogens (tertiary/aromatic N) is 1. The molecule has 116 valence electrons. The van der Waals surface area contributed by atoms with Crippen LogP contribution in [0.3, 0.4) is 0 Å². The van der Waals surface area contributed by atoms with Crippen LogP contribution in [-0.4, -0.2) is 27.1 Å². The molecule has 0 aliphatic heterocycles. The van der Waals surface area contributed by atoms with Crippen LogP contribution in [0.1, 0.15) is 28.9 Å². The van der Waals surface area contributed by atoms with Gasteiger partial charge in [-0.1, -0.05) is 24.3 Å². The number of hydrogen-bond donors (Lipinski definition) is 1. The smallest absolute Gasteiger partial charge is 0.251 e. The molecule has 22 heavy (non-hydrogen) atoms. The van der Waals surface area contributed by atoms with Crippen LogP contribution in [0.25, 0.3) is 0 Å². The van der Waals surface area contributed by atoms with Gasteiger partial charge in [0.15, 0.2) is 0 Å². The van der Waals surface area contributed by atoms with E-state index < -0.39 is 0 Å². The second kappa shape index (κ2) is 6.98. The normalized spacial score (nSPS) is 11.6. The van der Waals surface area contributed by atoms with Gasteiger partial charge in [-0.3, -0.25) is 4.79 Å². The van der Waals surface area contributed by atoms with Gasteiger partial charge >= 0.3 is 0 Å². The molecule has 0 heterocycles. The minimum atomic E-state index is -0.133. The lowest BCUT2D eigenvalue weighted by molar-refractivity contribution is 0.0939. The predicted molar refractivity (Wildman–Crippen MR) is 89.6 cm³/mol. The lowest BCUT2D eigenvalue weighted by Gasteiger charge is -2.18. The Labute approximate surface area is 131 Å². The molecule has 2 rings (SSSR count). The van der Waals surface area contributed by atoms with Gasteiger partial charge in [-0.2, -0.15) is 0 Å². The van der Waals surface area contributed by atoms with Gasteiger partial charge in [-0.05, 0) is 31.2 Å². The van der Waals surface area contributed by atoms with Crippen molar-refractivity contribution in [3.05, 3.63) is 59.7 Å². The zero-order valence-electron chi connectivity index (χ0n) is 13.5. The van der Waals surface area contributed by atoms with Crippen molar-refractivity contribution in [3.63, 3.8) is 0 Å². The Morgan fingerprint density at radius 2 is 1.86 bits per heavy atom. The number of ether oxygens (including phenoxy) is 1. The Morgan fingerprint density at radius 3 is 2.55 bits per heavy atom. The Hall–Kier alpha value is -2.49. The molecule has 1 atom stereocenters. The van der Waals surface area contributed by atoms with Gasteiger partial charge < -0.3 is 15.0 Å². The Morgan fingerprint density at radius 1 is 1.14 bits per heavy atom. The SMILES string of the molecule is COc1ccccc1[C@H](C)NC(=O)c1cccc(N(C)C)c1. The second-order valence-electron chi connectivity index (χ2n) is 5.38. The van der Waals surface area contributed by atoms with Gasteiger partial charge in [-0.25, -0.2) is 0 Å². The molecule has 1 amide bonds. The molecule has 2 aromatic carbocycles. The minimum absolute atomic E-state index is 0.0953. The molecule has 0 radical (unpaired) electrons. The number of benzene rings is 2. The first-order chi connectivity index (χ1) is 10.5. The first kappa shape index (κ1) is 15.9. The van der Waals surface area contributed by atoms with E-state index in [4.69, 9.17) is 4.74 Å². The largest absolute Gasteiger partial charge is 0.496 e. The summed E-state index contributed by atoms with van der Waals surface area (Å²) in [7, 11) is 5.54. The third kappa shape index (κ3) is 3.58. The van der Waals surface area contributed by atoms with Crippen LogP contribution in [0, 0.1) is 0 Å². The average molecular weight is 298 g/mol. The molecule has 4 nitrogen and oxygen atoms in total. The maximum atomic E-state index is 12.4. The zero-order chi connectivity index (χ0) is 16.1. The fourth-order valence-corrected chi connectivity index (χ4v) is 2.31. The van der Waals surface area contributed by atoms with Crippen molar-refractivity contribution in [3.8, 4) is 5.75 Å². The Balaban J connectivity index is 2.16. The molecule has 4 heteroatoms. The fraction of sp³-hybridized carbons (Fsp3) is 0.278. The third-order valence-corrected chi connectivity index (χ3v) is 3.58. The van der Waals surface area contributed by atoms with E-state index in [1.54, 1.807) is 7.11 Å². The summed E-state index contributed by atoms with van der Waals surface area (Å²) in [6, 6.07) is 15.1. The number of rotatable bonds is 5. The summed E-state index contributed by atoms with van der Waals surface area (Å²) in [4.78, 5) is 14.4. The predicted octanol–water partition coefficient (Wildman–Crippen LogP) is 3.25. The van der Waals surface area contributed by atoms with Gasteiger partial charge in [0.05, 0.1) is 13.2 Å². The highest BCUT2D eigenvalue weighted by molar-refractivity contribution is 5.95. The van der Waals surface area contributed by atoms with Crippen LogP contribution in [0.4, 0.5) is 5.69 Å². The molecule has 0 aliphatic carbocycles. The highest BCUT2D eigenvalue weighted by Gasteiger charge is 2.15. The lowest BCUT2D eigenvalue weighted by atomic mass is 10.1. The van der Waals surface area contributed by atoms with Crippen LogP contribution in [0.2, 0.25) is 0 Å². The average Bonchev–Trinajstić information content (AvgIpc) is 2.54. The maximum absolute atomic E-state index is 12.4. The van der Waals surface area contributed by atoms with E-state index in [0.29, 0.717) is 5.56 Å². The van der Waals surface area contributed by atoms with E-state index in [2.05, 4.69) is 5.32 Å². The van der Waals surface area contributed by atoms with E-state index in [9.17, 15) is 4.79 Å². The first-order valence-corrected chi connectivity index (χ1v) is 7.24. The monoisotopic (exact) mass is 298 g/mol. The van der Waals surface area contributed by atoms with Gasteiger partial charge in [0.1, 0.15) is 5.75 Å². The Bertz CT molecular complexity index is 653. The van der Waals surface area contributed by atoms with Crippen molar-refractivity contribution in [1.29, 1.82) is 0 Å². The van der Waals surface area contributed by atoms with Crippen LogP contribution in [0.5, 0.6) is 5.75 Å². The number of carbonyl (C=O) groups excluding carboxylic acids is 1. The van der Waals surface area contributed by atoms with Crippen molar-refractivity contribution < 1.29 is 9.53 Å². The number of amides is 1. The second-order valence-corrected chi connectivity index (χ2v) is 5.38. The van der Waals surface area contributed by atoms with E-state index >= 15 is 0 Å². The van der Waals surface area contributed by atoms with Crippen LogP contribution < -0.4 is 15.0 Å². The molecular weight excluding hydrogens is 276 g/mol. The number of para-hydroxylation sites is 1. The fourth-order valence-electron chi connectivity index (χ4n) is 2.31. The summed E-state index contributed by atoms with van der Waals surface area (Å²) in [5, 5.41) is 3.02. The minimum Gasteiger partial charge on any atom is -0.496 e. The maximum Gasteiger partial charge on any atom is 0.251 e. The topological polar surface area (TPSA) is 41.6 Å². The molecule has 0 unspecified atom stereocenters. The molecule has 0 fully saturated rings. The third-order valence-electron chi connectivity index (χ3n) is 3.58. The summed E-state index contributed by atoms with van der Waals surface area (Å²) in [5.74, 6) is 0.680. The van der Waals surface area contributed by atoms with Gasteiger partial charge in [0, 0.05) is 30.9 Å². The lowest BCUT2D eigenvalue weighted by Crippen LogP contribution is -2.27. The van der Waals surface area contributed by atoms with Crippen molar-refractivity contribution in [1.82, 2.24) is 5.32 Å². The summed E-state index contributed by atoms with van der Waals surface area (Å²) in [6.45, 7) is 1.95. The molecule has 0 aromatic heterocycles. The molecular formula is C18H22N2O2. The Kier molecular flexibility index (Phi) is 5.04. The van der Waals surface area contributed by atoms with E-state index in [1.165, 1.54) is 0 Å².